The third kappa shape index (κ3) is 2.93. The highest BCUT2D eigenvalue weighted by Gasteiger charge is 2.42. The van der Waals surface area contributed by atoms with Crippen LogP contribution in [0.15, 0.2) is 12.3 Å². The fourth-order valence-corrected chi connectivity index (χ4v) is 2.88. The molecule has 1 atom stereocenters. The largest absolute Gasteiger partial charge is 0.383 e. The molecule has 112 valence electrons. The maximum Gasteiger partial charge on any atom is 0.128 e. The lowest BCUT2D eigenvalue weighted by Crippen LogP contribution is -2.52. The van der Waals surface area contributed by atoms with Crippen molar-refractivity contribution in [3.8, 4) is 0 Å². The molecule has 0 bridgehead atoms. The summed E-state index contributed by atoms with van der Waals surface area (Å²) >= 11 is 0. The molecule has 0 spiro atoms. The van der Waals surface area contributed by atoms with E-state index in [1.54, 1.807) is 6.20 Å². The number of nitrogens with one attached hydrogen (secondary N) is 1. The van der Waals surface area contributed by atoms with Crippen LogP contribution >= 0.6 is 0 Å². The Morgan fingerprint density at radius 1 is 1.50 bits per heavy atom. The number of nitrogens with zero attached hydrogens (tertiary/aromatic N) is 1. The first kappa shape index (κ1) is 15.2. The number of anilines is 1. The monoisotopic (exact) mass is 280 g/mol. The molecule has 0 radical (unpaired) electrons. The lowest BCUT2D eigenvalue weighted by Gasteiger charge is -2.43. The Labute approximate surface area is 119 Å². The van der Waals surface area contributed by atoms with Crippen molar-refractivity contribution in [3.63, 3.8) is 0 Å². The van der Waals surface area contributed by atoms with Crippen molar-refractivity contribution in [1.82, 2.24) is 10.4 Å². The molecule has 5 N–H and O–H groups in total. The van der Waals surface area contributed by atoms with Crippen LogP contribution in [0.4, 0.5) is 5.82 Å². The summed E-state index contributed by atoms with van der Waals surface area (Å²) in [7, 11) is 0. The molecule has 0 aliphatic carbocycles. The number of rotatable bonds is 5. The van der Waals surface area contributed by atoms with Gasteiger partial charge in [-0.1, -0.05) is 0 Å². The summed E-state index contributed by atoms with van der Waals surface area (Å²) in [5.41, 5.74) is 10.5. The maximum absolute atomic E-state index is 6.07. The Morgan fingerprint density at radius 2 is 2.20 bits per heavy atom. The predicted octanol–water partition coefficient (Wildman–Crippen LogP) is 1.06. The molecule has 20 heavy (non-hydrogen) atoms. The number of hydrogen-bond donors (Lipinski definition) is 3. The fraction of sp³-hybridized carbons (Fsp3) is 0.643. The van der Waals surface area contributed by atoms with E-state index in [0.29, 0.717) is 25.6 Å². The molecule has 2 heterocycles. The molecule has 1 aromatic heterocycles. The molecule has 1 saturated heterocycles. The van der Waals surface area contributed by atoms with E-state index in [9.17, 15) is 0 Å². The van der Waals surface area contributed by atoms with Gasteiger partial charge in [0.25, 0.3) is 0 Å². The molecule has 1 fully saturated rings. The number of hydrazine groups is 1. The minimum atomic E-state index is -0.397. The molecular weight excluding hydrogens is 256 g/mol. The first-order valence-electron chi connectivity index (χ1n) is 7.03. The smallest absolute Gasteiger partial charge is 0.128 e. The second-order valence-corrected chi connectivity index (χ2v) is 5.20. The summed E-state index contributed by atoms with van der Waals surface area (Å²) < 4.78 is 11.5. The lowest BCUT2D eigenvalue weighted by molar-refractivity contribution is -0.128. The minimum Gasteiger partial charge on any atom is -0.383 e. The number of aryl methyl sites for hydroxylation is 1. The third-order valence-electron chi connectivity index (χ3n) is 3.86. The highest BCUT2D eigenvalue weighted by Crippen LogP contribution is 2.39. The summed E-state index contributed by atoms with van der Waals surface area (Å²) in [6.45, 7) is 5.93. The van der Waals surface area contributed by atoms with E-state index >= 15 is 0 Å². The van der Waals surface area contributed by atoms with Gasteiger partial charge >= 0.3 is 0 Å². The van der Waals surface area contributed by atoms with Gasteiger partial charge in [0.2, 0.25) is 0 Å². The molecule has 1 unspecified atom stereocenters. The molecule has 1 aliphatic rings. The number of pyridine rings is 1. The van der Waals surface area contributed by atoms with Gasteiger partial charge in [0.15, 0.2) is 0 Å². The summed E-state index contributed by atoms with van der Waals surface area (Å²) in [6.07, 6.45) is 3.32. The molecule has 2 rings (SSSR count). The summed E-state index contributed by atoms with van der Waals surface area (Å²) in [5.74, 6) is 6.31. The Morgan fingerprint density at radius 3 is 2.80 bits per heavy atom. The normalized spacial score (nSPS) is 19.8. The van der Waals surface area contributed by atoms with Crippen molar-refractivity contribution in [3.05, 3.63) is 23.4 Å². The molecule has 6 heteroatoms. The van der Waals surface area contributed by atoms with E-state index < -0.39 is 5.60 Å². The Kier molecular flexibility index (Phi) is 4.93. The van der Waals surface area contributed by atoms with E-state index in [-0.39, 0.29) is 6.04 Å². The van der Waals surface area contributed by atoms with Gasteiger partial charge in [-0.2, -0.15) is 0 Å². The highest BCUT2D eigenvalue weighted by atomic mass is 16.5. The first-order valence-corrected chi connectivity index (χ1v) is 7.03. The molecule has 0 aromatic carbocycles. The third-order valence-corrected chi connectivity index (χ3v) is 3.86. The van der Waals surface area contributed by atoms with Crippen LogP contribution in [0.25, 0.3) is 0 Å². The van der Waals surface area contributed by atoms with E-state index in [4.69, 9.17) is 21.1 Å². The summed E-state index contributed by atoms with van der Waals surface area (Å²) in [5, 5.41) is 0. The van der Waals surface area contributed by atoms with E-state index in [1.807, 2.05) is 19.9 Å². The Bertz CT molecular complexity index is 441. The maximum atomic E-state index is 6.07. The molecule has 6 nitrogen and oxygen atoms in total. The number of ether oxygens (including phenoxy) is 2. The molecule has 1 aliphatic heterocycles. The van der Waals surface area contributed by atoms with E-state index in [1.165, 1.54) is 0 Å². The molecular formula is C14H24N4O2. The lowest BCUT2D eigenvalue weighted by atomic mass is 9.82. The van der Waals surface area contributed by atoms with Crippen molar-refractivity contribution < 1.29 is 9.47 Å². The highest BCUT2D eigenvalue weighted by molar-refractivity contribution is 5.44. The van der Waals surface area contributed by atoms with Gasteiger partial charge < -0.3 is 15.2 Å². The predicted molar refractivity (Wildman–Crippen MR) is 77.9 cm³/mol. The second kappa shape index (κ2) is 6.49. The average molecular weight is 280 g/mol. The zero-order valence-electron chi connectivity index (χ0n) is 12.2. The molecule has 0 amide bonds. The van der Waals surface area contributed by atoms with E-state index in [2.05, 4.69) is 10.4 Å². The van der Waals surface area contributed by atoms with Crippen LogP contribution < -0.4 is 17.0 Å². The van der Waals surface area contributed by atoms with Gasteiger partial charge in [-0.25, -0.2) is 10.4 Å². The van der Waals surface area contributed by atoms with Crippen LogP contribution in [0.5, 0.6) is 0 Å². The van der Waals surface area contributed by atoms with Gasteiger partial charge in [-0.3, -0.25) is 5.84 Å². The summed E-state index contributed by atoms with van der Waals surface area (Å²) in [6, 6.07) is 1.82. The van der Waals surface area contributed by atoms with Crippen LogP contribution in [0.3, 0.4) is 0 Å². The molecule has 0 saturated carbocycles. The number of hydrogen-bond acceptors (Lipinski definition) is 6. The quantitative estimate of drug-likeness (QED) is 0.551. The van der Waals surface area contributed by atoms with Crippen molar-refractivity contribution in [1.29, 1.82) is 0 Å². The van der Waals surface area contributed by atoms with Crippen LogP contribution in [0, 0.1) is 6.92 Å². The van der Waals surface area contributed by atoms with Crippen molar-refractivity contribution in [2.75, 3.05) is 25.6 Å². The van der Waals surface area contributed by atoms with Gasteiger partial charge in [0.05, 0.1) is 11.6 Å². The van der Waals surface area contributed by atoms with Crippen LogP contribution in [-0.2, 0) is 9.47 Å². The standard InChI is InChI=1S/C14H24N4O2/c1-3-20-14(4-6-19-7-5-14)12(18-16)11-8-10(2)9-17-13(11)15/h8-9,12,18H,3-7,16H2,1-2H3,(H2,15,17). The van der Waals surface area contributed by atoms with Crippen LogP contribution in [0.2, 0.25) is 0 Å². The first-order chi connectivity index (χ1) is 9.63. The Hall–Kier alpha value is -1.21. The number of nitrogens with two attached hydrogens (primary N) is 2. The van der Waals surface area contributed by atoms with Crippen molar-refractivity contribution >= 4 is 5.82 Å². The van der Waals surface area contributed by atoms with Gasteiger partial charge in [0.1, 0.15) is 5.82 Å². The fourth-order valence-electron chi connectivity index (χ4n) is 2.88. The van der Waals surface area contributed by atoms with Crippen LogP contribution in [0.1, 0.15) is 36.9 Å². The van der Waals surface area contributed by atoms with E-state index in [0.717, 1.165) is 24.0 Å². The van der Waals surface area contributed by atoms with Crippen LogP contribution in [-0.4, -0.2) is 30.4 Å². The Balaban J connectivity index is 2.39. The van der Waals surface area contributed by atoms with Crippen molar-refractivity contribution in [2.45, 2.75) is 38.3 Å². The second-order valence-electron chi connectivity index (χ2n) is 5.20. The zero-order valence-corrected chi connectivity index (χ0v) is 12.2. The summed E-state index contributed by atoms with van der Waals surface area (Å²) in [4.78, 5) is 4.23. The SMILES string of the molecule is CCOC1(C(NN)c2cc(C)cnc2N)CCOCC1. The number of aromatic nitrogens is 1. The minimum absolute atomic E-state index is 0.196. The zero-order chi connectivity index (χ0) is 14.6. The topological polar surface area (TPSA) is 95.4 Å². The van der Waals surface area contributed by atoms with Gasteiger partial charge in [-0.15, -0.1) is 0 Å². The average Bonchev–Trinajstić information content (AvgIpc) is 2.45. The van der Waals surface area contributed by atoms with Crippen molar-refractivity contribution in [2.24, 2.45) is 5.84 Å². The number of nitrogen functional groups attached to an aromatic ring is 1. The molecule has 1 aromatic rings. The van der Waals surface area contributed by atoms with Gasteiger partial charge in [0, 0.05) is 44.4 Å². The van der Waals surface area contributed by atoms with Gasteiger partial charge in [-0.05, 0) is 25.5 Å².